The van der Waals surface area contributed by atoms with Gasteiger partial charge in [0.2, 0.25) is 10.0 Å². The largest absolute Gasteiger partial charge is 0.419 e. The van der Waals surface area contributed by atoms with E-state index in [0.717, 1.165) is 10.1 Å². The lowest BCUT2D eigenvalue weighted by molar-refractivity contribution is 0.184. The number of hydrogen-bond donors (Lipinski definition) is 2. The topological polar surface area (TPSA) is 102 Å². The van der Waals surface area contributed by atoms with Gasteiger partial charge >= 0.3 is 5.76 Å². The Hall–Kier alpha value is -2.46. The molecule has 4 rings (SSSR count). The van der Waals surface area contributed by atoms with Crippen molar-refractivity contribution >= 4 is 42.5 Å². The maximum absolute atomic E-state index is 12.6. The normalized spacial score (nSPS) is 13.4. The van der Waals surface area contributed by atoms with Crippen LogP contribution in [0.25, 0.3) is 21.2 Å². The molecule has 0 aliphatic heterocycles. The summed E-state index contributed by atoms with van der Waals surface area (Å²) in [4.78, 5) is 11.5. The second-order valence-corrected chi connectivity index (χ2v) is 8.79. The lowest BCUT2D eigenvalue weighted by Crippen LogP contribution is -2.28. The van der Waals surface area contributed by atoms with E-state index in [1.165, 1.54) is 41.2 Å². The Kier molecular flexibility index (Phi) is 4.39. The first-order valence-electron chi connectivity index (χ1n) is 8.10. The fraction of sp³-hybridized carbons (Fsp3) is 0.167. The number of thiophene rings is 1. The first-order chi connectivity index (χ1) is 12.9. The predicted octanol–water partition coefficient (Wildman–Crippen LogP) is 2.36. The van der Waals surface area contributed by atoms with Crippen LogP contribution in [0.1, 0.15) is 11.7 Å². The Bertz CT molecular complexity index is 1300. The number of aryl methyl sites for hydroxylation is 1. The van der Waals surface area contributed by atoms with Gasteiger partial charge in [-0.1, -0.05) is 18.2 Å². The third-order valence-electron chi connectivity index (χ3n) is 4.41. The van der Waals surface area contributed by atoms with Crippen molar-refractivity contribution < 1.29 is 17.9 Å². The first kappa shape index (κ1) is 17.9. The lowest BCUT2D eigenvalue weighted by atomic mass is 10.1. The van der Waals surface area contributed by atoms with E-state index in [0.29, 0.717) is 16.7 Å². The van der Waals surface area contributed by atoms with Crippen molar-refractivity contribution in [3.05, 3.63) is 64.0 Å². The molecule has 140 valence electrons. The molecule has 0 unspecified atom stereocenters. The maximum Gasteiger partial charge on any atom is 0.419 e. The van der Waals surface area contributed by atoms with E-state index in [4.69, 9.17) is 4.42 Å². The van der Waals surface area contributed by atoms with Crippen LogP contribution in [-0.4, -0.2) is 24.6 Å². The number of rotatable bonds is 5. The van der Waals surface area contributed by atoms with Gasteiger partial charge in [0.1, 0.15) is 0 Å². The molecule has 0 aliphatic carbocycles. The number of aliphatic hydroxyl groups excluding tert-OH is 1. The van der Waals surface area contributed by atoms with Crippen molar-refractivity contribution in [2.45, 2.75) is 11.0 Å². The van der Waals surface area contributed by atoms with E-state index < -0.39 is 21.9 Å². The quantitative estimate of drug-likeness (QED) is 0.532. The molecule has 0 saturated carbocycles. The molecule has 4 aromatic rings. The molecule has 27 heavy (non-hydrogen) atoms. The number of hydrogen-bond acceptors (Lipinski definition) is 6. The minimum absolute atomic E-state index is 0.00576. The Labute approximate surface area is 158 Å². The molecule has 2 N–H and O–H groups in total. The molecular weight excluding hydrogens is 388 g/mol. The highest BCUT2D eigenvalue weighted by molar-refractivity contribution is 7.89. The number of nitrogens with zero attached hydrogens (tertiary/aromatic N) is 1. The number of aliphatic hydroxyl groups is 1. The van der Waals surface area contributed by atoms with Crippen LogP contribution in [0, 0.1) is 0 Å². The number of benzene rings is 2. The molecule has 0 amide bonds. The fourth-order valence-corrected chi connectivity index (χ4v) is 4.98. The number of sulfonamides is 1. The smallest absolute Gasteiger partial charge is 0.408 e. The van der Waals surface area contributed by atoms with Gasteiger partial charge in [-0.25, -0.2) is 17.9 Å². The summed E-state index contributed by atoms with van der Waals surface area (Å²) < 4.78 is 34.9. The molecular formula is C18H16N2O5S2. The van der Waals surface area contributed by atoms with E-state index >= 15 is 0 Å². The highest BCUT2D eigenvalue weighted by atomic mass is 32.2. The molecule has 0 bridgehead atoms. The fourth-order valence-electron chi connectivity index (χ4n) is 2.91. The monoisotopic (exact) mass is 404 g/mol. The number of oxazole rings is 1. The number of fused-ring (bicyclic) bond motifs is 2. The summed E-state index contributed by atoms with van der Waals surface area (Å²) in [5.41, 5.74) is 1.38. The van der Waals surface area contributed by atoms with Gasteiger partial charge in [-0.2, -0.15) is 0 Å². The first-order valence-corrected chi connectivity index (χ1v) is 10.5. The molecule has 7 nitrogen and oxygen atoms in total. The molecule has 9 heteroatoms. The zero-order valence-electron chi connectivity index (χ0n) is 14.2. The predicted molar refractivity (Wildman–Crippen MR) is 103 cm³/mol. The van der Waals surface area contributed by atoms with Crippen molar-refractivity contribution in [3.8, 4) is 0 Å². The van der Waals surface area contributed by atoms with E-state index in [1.54, 1.807) is 0 Å². The lowest BCUT2D eigenvalue weighted by Gasteiger charge is -2.12. The Balaban J connectivity index is 1.58. The Morgan fingerprint density at radius 3 is 2.85 bits per heavy atom. The van der Waals surface area contributed by atoms with Crippen LogP contribution in [0.2, 0.25) is 0 Å². The highest BCUT2D eigenvalue weighted by Gasteiger charge is 2.20. The second-order valence-electron chi connectivity index (χ2n) is 6.11. The minimum atomic E-state index is -3.86. The summed E-state index contributed by atoms with van der Waals surface area (Å²) in [6.45, 7) is -0.161. The second kappa shape index (κ2) is 6.61. The molecule has 1 atom stereocenters. The number of aromatic nitrogens is 1. The average Bonchev–Trinajstić information content (AvgIpc) is 3.21. The summed E-state index contributed by atoms with van der Waals surface area (Å²) in [7, 11) is -2.36. The van der Waals surface area contributed by atoms with Crippen molar-refractivity contribution in [2.24, 2.45) is 7.05 Å². The molecule has 0 spiro atoms. The summed E-state index contributed by atoms with van der Waals surface area (Å²) >= 11 is 1.50. The van der Waals surface area contributed by atoms with Crippen LogP contribution < -0.4 is 10.5 Å². The third-order valence-corrected chi connectivity index (χ3v) is 6.81. The van der Waals surface area contributed by atoms with E-state index in [-0.39, 0.29) is 11.4 Å². The molecule has 0 aliphatic rings. The summed E-state index contributed by atoms with van der Waals surface area (Å²) in [6.07, 6.45) is -0.974. The molecule has 2 heterocycles. The van der Waals surface area contributed by atoms with Gasteiger partial charge in [0.15, 0.2) is 5.58 Å². The van der Waals surface area contributed by atoms with Crippen molar-refractivity contribution in [2.75, 3.05) is 6.54 Å². The molecule has 2 aromatic carbocycles. The van der Waals surface area contributed by atoms with Crippen LogP contribution in [0.3, 0.4) is 0 Å². The zero-order valence-corrected chi connectivity index (χ0v) is 15.9. The van der Waals surface area contributed by atoms with E-state index in [9.17, 15) is 18.3 Å². The Morgan fingerprint density at radius 1 is 1.26 bits per heavy atom. The van der Waals surface area contributed by atoms with Crippen LogP contribution >= 0.6 is 11.3 Å². The van der Waals surface area contributed by atoms with Crippen molar-refractivity contribution in [1.82, 2.24) is 9.29 Å². The molecule has 0 fully saturated rings. The summed E-state index contributed by atoms with van der Waals surface area (Å²) in [5.74, 6) is -0.563. The number of nitrogens with one attached hydrogen (secondary N) is 1. The van der Waals surface area contributed by atoms with Gasteiger partial charge in [-0.3, -0.25) is 4.57 Å². The van der Waals surface area contributed by atoms with Gasteiger partial charge in [-0.05, 0) is 35.0 Å². The third kappa shape index (κ3) is 3.19. The zero-order chi connectivity index (χ0) is 19.2. The summed E-state index contributed by atoms with van der Waals surface area (Å²) in [6, 6.07) is 11.8. The van der Waals surface area contributed by atoms with Gasteiger partial charge in [0.05, 0.1) is 16.5 Å². The summed E-state index contributed by atoms with van der Waals surface area (Å²) in [5, 5.41) is 13.2. The van der Waals surface area contributed by atoms with Gasteiger partial charge in [-0.15, -0.1) is 11.3 Å². The van der Waals surface area contributed by atoms with Gasteiger partial charge in [0, 0.05) is 23.9 Å². The van der Waals surface area contributed by atoms with E-state index in [1.807, 2.05) is 29.6 Å². The van der Waals surface area contributed by atoms with Gasteiger partial charge in [0.25, 0.3) is 0 Å². The maximum atomic E-state index is 12.6. The standard InChI is InChI=1S/C18H16N2O5S2/c1-20-14-8-11(6-7-16(14)25-18(20)22)27(23,24)19-9-15(21)13-10-26-17-5-3-2-4-12(13)17/h2-8,10,15,19,21H,9H2,1H3/t15-/m1/s1. The van der Waals surface area contributed by atoms with Crippen molar-refractivity contribution in [3.63, 3.8) is 0 Å². The Morgan fingerprint density at radius 2 is 2.04 bits per heavy atom. The van der Waals surface area contributed by atoms with Crippen LogP contribution in [-0.2, 0) is 17.1 Å². The van der Waals surface area contributed by atoms with Crippen LogP contribution in [0.5, 0.6) is 0 Å². The minimum Gasteiger partial charge on any atom is -0.408 e. The van der Waals surface area contributed by atoms with Crippen LogP contribution in [0.4, 0.5) is 0 Å². The highest BCUT2D eigenvalue weighted by Crippen LogP contribution is 2.30. The molecule has 2 aromatic heterocycles. The average molecular weight is 404 g/mol. The SMILES string of the molecule is Cn1c(=O)oc2ccc(S(=O)(=O)NC[C@@H](O)c3csc4ccccc34)cc21. The molecule has 0 radical (unpaired) electrons. The van der Waals surface area contributed by atoms with Gasteiger partial charge < -0.3 is 9.52 Å². The van der Waals surface area contributed by atoms with E-state index in [2.05, 4.69) is 4.72 Å². The van der Waals surface area contributed by atoms with Crippen molar-refractivity contribution in [1.29, 1.82) is 0 Å². The van der Waals surface area contributed by atoms with Crippen LogP contribution in [0.15, 0.2) is 62.0 Å². The molecule has 0 saturated heterocycles.